The van der Waals surface area contributed by atoms with Crippen LogP contribution in [0.3, 0.4) is 0 Å². The van der Waals surface area contributed by atoms with Crippen LogP contribution in [0.2, 0.25) is 5.02 Å². The average molecular weight is 351 g/mol. The van der Waals surface area contributed by atoms with Crippen LogP contribution in [0.5, 0.6) is 5.75 Å². The number of piperazine rings is 1. The average Bonchev–Trinajstić information content (AvgIpc) is 2.60. The summed E-state index contributed by atoms with van der Waals surface area (Å²) in [7, 11) is 0. The van der Waals surface area contributed by atoms with Crippen LogP contribution in [-0.4, -0.2) is 53.9 Å². The molecule has 0 aliphatic carbocycles. The summed E-state index contributed by atoms with van der Waals surface area (Å²) >= 11 is 6.32. The molecule has 1 saturated heterocycles. The number of aromatic hydroxyl groups is 1. The molecule has 2 heterocycles. The molecule has 0 saturated carbocycles. The van der Waals surface area contributed by atoms with Crippen LogP contribution < -0.4 is 4.90 Å². The Labute approximate surface area is 145 Å². The van der Waals surface area contributed by atoms with E-state index in [-0.39, 0.29) is 11.8 Å². The summed E-state index contributed by atoms with van der Waals surface area (Å²) in [4.78, 5) is 19.0. The van der Waals surface area contributed by atoms with Gasteiger partial charge in [0.25, 0.3) is 0 Å². The van der Waals surface area contributed by atoms with Gasteiger partial charge >= 0.3 is 6.09 Å². The van der Waals surface area contributed by atoms with Crippen molar-refractivity contribution < 1.29 is 19.5 Å². The van der Waals surface area contributed by atoms with E-state index >= 15 is 0 Å². The van der Waals surface area contributed by atoms with Crippen molar-refractivity contribution in [3.63, 3.8) is 0 Å². The number of amides is 1. The summed E-state index contributed by atoms with van der Waals surface area (Å²) in [5, 5.41) is 11.8. The summed E-state index contributed by atoms with van der Waals surface area (Å²) in [6.07, 6.45) is 1.39. The summed E-state index contributed by atoms with van der Waals surface area (Å²) in [5.41, 5.74) is 1.32. The predicted molar refractivity (Wildman–Crippen MR) is 91.4 cm³/mol. The standard InChI is InChI=1S/C17H20ClN3O3/c1-2-24-17(23)21-8-6-20(7-9-21)11-12-10-14(18)13-4-3-5-19-15(13)16(12)22/h3-5,10,22H,2,6-9,11H2,1H3/p+1. The quantitative estimate of drug-likeness (QED) is 0.879. The number of halogens is 1. The number of quaternary nitrogens is 1. The molecule has 1 aromatic carbocycles. The molecule has 0 unspecified atom stereocenters. The van der Waals surface area contributed by atoms with Crippen molar-refractivity contribution in [2.24, 2.45) is 0 Å². The monoisotopic (exact) mass is 350 g/mol. The first kappa shape index (κ1) is 16.8. The second-order valence-corrected chi connectivity index (χ2v) is 6.29. The first-order valence-electron chi connectivity index (χ1n) is 8.10. The number of carbonyl (C=O) groups is 1. The second kappa shape index (κ2) is 7.23. The largest absolute Gasteiger partial charge is 0.505 e. The molecule has 1 amide bonds. The van der Waals surface area contributed by atoms with Crippen LogP contribution in [0.25, 0.3) is 10.9 Å². The Bertz CT molecular complexity index is 745. The molecule has 0 atom stereocenters. The smallest absolute Gasteiger partial charge is 0.410 e. The Morgan fingerprint density at radius 1 is 1.46 bits per heavy atom. The Kier molecular flexibility index (Phi) is 5.06. The number of aromatic nitrogens is 1. The van der Waals surface area contributed by atoms with E-state index < -0.39 is 0 Å². The van der Waals surface area contributed by atoms with E-state index in [1.54, 1.807) is 24.1 Å². The van der Waals surface area contributed by atoms with E-state index in [1.165, 1.54) is 4.90 Å². The minimum atomic E-state index is -0.252. The van der Waals surface area contributed by atoms with E-state index in [0.29, 0.717) is 36.8 Å². The Morgan fingerprint density at radius 3 is 2.92 bits per heavy atom. The normalized spacial score (nSPS) is 15.7. The lowest BCUT2D eigenvalue weighted by molar-refractivity contribution is -0.917. The number of hydrogen-bond acceptors (Lipinski definition) is 4. The van der Waals surface area contributed by atoms with Gasteiger partial charge in [0, 0.05) is 11.6 Å². The minimum Gasteiger partial charge on any atom is -0.505 e. The van der Waals surface area contributed by atoms with Gasteiger partial charge in [0.1, 0.15) is 12.1 Å². The van der Waals surface area contributed by atoms with Crippen LogP contribution in [-0.2, 0) is 11.3 Å². The summed E-state index contributed by atoms with van der Waals surface area (Å²) in [6, 6.07) is 5.46. The number of benzene rings is 1. The number of carbonyl (C=O) groups excluding carboxylic acids is 1. The van der Waals surface area contributed by atoms with Crippen LogP contribution >= 0.6 is 11.6 Å². The van der Waals surface area contributed by atoms with E-state index in [1.807, 2.05) is 12.1 Å². The molecule has 3 rings (SSSR count). The molecular weight excluding hydrogens is 330 g/mol. The van der Waals surface area contributed by atoms with Crippen molar-refractivity contribution in [1.29, 1.82) is 0 Å². The molecule has 6 nitrogen and oxygen atoms in total. The first-order valence-corrected chi connectivity index (χ1v) is 8.48. The highest BCUT2D eigenvalue weighted by Crippen LogP contribution is 2.32. The molecule has 1 fully saturated rings. The number of hydrogen-bond donors (Lipinski definition) is 2. The fourth-order valence-corrected chi connectivity index (χ4v) is 3.32. The Balaban J connectivity index is 1.70. The maximum atomic E-state index is 11.7. The van der Waals surface area contributed by atoms with E-state index in [9.17, 15) is 9.90 Å². The highest BCUT2D eigenvalue weighted by atomic mass is 35.5. The lowest BCUT2D eigenvalue weighted by Gasteiger charge is -2.31. The Morgan fingerprint density at radius 2 is 2.21 bits per heavy atom. The van der Waals surface area contributed by atoms with Crippen LogP contribution in [0.1, 0.15) is 12.5 Å². The summed E-state index contributed by atoms with van der Waals surface area (Å²) < 4.78 is 5.03. The molecule has 24 heavy (non-hydrogen) atoms. The van der Waals surface area contributed by atoms with Gasteiger partial charge in [-0.05, 0) is 25.1 Å². The number of phenolic OH excluding ortho intramolecular Hbond substituents is 1. The lowest BCUT2D eigenvalue weighted by atomic mass is 10.1. The zero-order valence-electron chi connectivity index (χ0n) is 13.6. The Hall–Kier alpha value is -2.05. The van der Waals surface area contributed by atoms with Gasteiger partial charge in [0.2, 0.25) is 0 Å². The van der Waals surface area contributed by atoms with Gasteiger partial charge < -0.3 is 14.7 Å². The van der Waals surface area contributed by atoms with Gasteiger partial charge in [-0.15, -0.1) is 0 Å². The van der Waals surface area contributed by atoms with Crippen molar-refractivity contribution in [2.45, 2.75) is 13.5 Å². The SMILES string of the molecule is CCOC(=O)N1CC[NH+](Cc2cc(Cl)c3cccnc3c2O)CC1. The molecule has 1 aromatic heterocycles. The molecule has 0 spiro atoms. The second-order valence-electron chi connectivity index (χ2n) is 5.88. The molecule has 0 bridgehead atoms. The molecule has 0 radical (unpaired) electrons. The number of rotatable bonds is 3. The fourth-order valence-electron chi connectivity index (χ4n) is 3.04. The van der Waals surface area contributed by atoms with Crippen molar-refractivity contribution in [2.75, 3.05) is 32.8 Å². The molecular formula is C17H21ClN3O3+. The third-order valence-electron chi connectivity index (χ3n) is 4.33. The van der Waals surface area contributed by atoms with Gasteiger partial charge in [-0.2, -0.15) is 0 Å². The number of nitrogens with zero attached hydrogens (tertiary/aromatic N) is 2. The summed E-state index contributed by atoms with van der Waals surface area (Å²) in [6.45, 7) is 5.74. The highest BCUT2D eigenvalue weighted by Gasteiger charge is 2.25. The van der Waals surface area contributed by atoms with Gasteiger partial charge in [0.15, 0.2) is 5.75 Å². The fraction of sp³-hybridized carbons (Fsp3) is 0.412. The number of phenols is 1. The van der Waals surface area contributed by atoms with Crippen molar-refractivity contribution in [1.82, 2.24) is 9.88 Å². The van der Waals surface area contributed by atoms with E-state index in [0.717, 1.165) is 24.0 Å². The predicted octanol–water partition coefficient (Wildman–Crippen LogP) is 1.45. The van der Waals surface area contributed by atoms with Crippen LogP contribution in [0.4, 0.5) is 4.79 Å². The topological polar surface area (TPSA) is 67.1 Å². The number of ether oxygens (including phenoxy) is 1. The summed E-state index contributed by atoms with van der Waals surface area (Å²) in [5.74, 6) is 0.190. The van der Waals surface area contributed by atoms with Gasteiger partial charge in [0.05, 0.1) is 43.4 Å². The van der Waals surface area contributed by atoms with Crippen LogP contribution in [0, 0.1) is 0 Å². The van der Waals surface area contributed by atoms with E-state index in [4.69, 9.17) is 16.3 Å². The maximum Gasteiger partial charge on any atom is 0.410 e. The zero-order chi connectivity index (χ0) is 17.1. The minimum absolute atomic E-state index is 0.190. The number of nitrogens with one attached hydrogen (secondary N) is 1. The van der Waals surface area contributed by atoms with Gasteiger partial charge in [-0.3, -0.25) is 9.88 Å². The third kappa shape index (κ3) is 3.39. The third-order valence-corrected chi connectivity index (χ3v) is 4.64. The van der Waals surface area contributed by atoms with Gasteiger partial charge in [-0.1, -0.05) is 11.6 Å². The van der Waals surface area contributed by atoms with E-state index in [2.05, 4.69) is 4.98 Å². The van der Waals surface area contributed by atoms with Crippen LogP contribution in [0.15, 0.2) is 24.4 Å². The lowest BCUT2D eigenvalue weighted by Crippen LogP contribution is -3.13. The molecule has 2 N–H and O–H groups in total. The van der Waals surface area contributed by atoms with Crippen molar-refractivity contribution in [3.05, 3.63) is 35.0 Å². The molecule has 7 heteroatoms. The molecule has 1 aliphatic heterocycles. The van der Waals surface area contributed by atoms with Gasteiger partial charge in [-0.25, -0.2) is 4.79 Å². The first-order chi connectivity index (χ1) is 11.6. The molecule has 2 aromatic rings. The number of fused-ring (bicyclic) bond motifs is 1. The molecule has 128 valence electrons. The zero-order valence-corrected chi connectivity index (χ0v) is 14.3. The van der Waals surface area contributed by atoms with Crippen molar-refractivity contribution in [3.8, 4) is 5.75 Å². The van der Waals surface area contributed by atoms with Crippen molar-refractivity contribution >= 4 is 28.6 Å². The highest BCUT2D eigenvalue weighted by molar-refractivity contribution is 6.35. The molecule has 1 aliphatic rings. The number of pyridine rings is 1. The maximum absolute atomic E-state index is 11.7.